The van der Waals surface area contributed by atoms with Crippen LogP contribution >= 0.6 is 0 Å². The number of aryl methyl sites for hydroxylation is 1. The van der Waals surface area contributed by atoms with Crippen molar-refractivity contribution in [2.75, 3.05) is 12.4 Å². The molecule has 0 saturated heterocycles. The molecule has 10 nitrogen and oxygen atoms in total. The minimum atomic E-state index is -1.13. The van der Waals surface area contributed by atoms with Gasteiger partial charge in [0.1, 0.15) is 5.75 Å². The van der Waals surface area contributed by atoms with Crippen molar-refractivity contribution in [3.8, 4) is 22.9 Å². The lowest BCUT2D eigenvalue weighted by Crippen LogP contribution is -2.36. The van der Waals surface area contributed by atoms with Gasteiger partial charge in [0.2, 0.25) is 5.88 Å². The Balaban J connectivity index is 1.87. The van der Waals surface area contributed by atoms with Crippen molar-refractivity contribution >= 4 is 17.7 Å². The van der Waals surface area contributed by atoms with E-state index >= 15 is 0 Å². The first-order valence-electron chi connectivity index (χ1n) is 9.57. The smallest absolute Gasteiger partial charge is 0.319 e. The molecule has 1 atom stereocenters. The number of anilines is 1. The lowest BCUT2D eigenvalue weighted by atomic mass is 10.00. The number of hydrogen-bond donors (Lipinski definition) is 4. The van der Waals surface area contributed by atoms with Crippen molar-refractivity contribution in [2.45, 2.75) is 12.5 Å². The molecular weight excluding hydrogens is 416 g/mol. The molecule has 0 spiro atoms. The van der Waals surface area contributed by atoms with Crippen LogP contribution in [0.1, 0.15) is 18.0 Å². The van der Waals surface area contributed by atoms with Crippen molar-refractivity contribution < 1.29 is 24.5 Å². The largest absolute Gasteiger partial charge is 0.505 e. The average molecular weight is 438 g/mol. The maximum Gasteiger partial charge on any atom is 0.319 e. The normalized spacial score (nSPS) is 11.4. The molecule has 32 heavy (non-hydrogen) atoms. The van der Waals surface area contributed by atoms with E-state index < -0.39 is 35.8 Å². The zero-order chi connectivity index (χ0) is 23.3. The highest BCUT2D eigenvalue weighted by Crippen LogP contribution is 2.25. The Bertz CT molecular complexity index is 1210. The van der Waals surface area contributed by atoms with Crippen LogP contribution in [0.3, 0.4) is 0 Å². The summed E-state index contributed by atoms with van der Waals surface area (Å²) < 4.78 is 6.33. The Labute approximate surface area is 183 Å². The van der Waals surface area contributed by atoms with Crippen LogP contribution in [0.4, 0.5) is 10.5 Å². The first-order chi connectivity index (χ1) is 15.3. The summed E-state index contributed by atoms with van der Waals surface area (Å²) in [6, 6.07) is 11.7. The van der Waals surface area contributed by atoms with E-state index in [9.17, 15) is 24.6 Å². The molecule has 3 aromatic rings. The summed E-state index contributed by atoms with van der Waals surface area (Å²) >= 11 is 0. The Hall–Kier alpha value is -4.34. The van der Waals surface area contributed by atoms with Crippen LogP contribution in [0.15, 0.2) is 59.5 Å². The topological polar surface area (TPSA) is 143 Å². The summed E-state index contributed by atoms with van der Waals surface area (Å²) in [5.41, 5.74) is 0.919. The molecule has 0 radical (unpaired) electrons. The van der Waals surface area contributed by atoms with Crippen molar-refractivity contribution in [1.82, 2.24) is 14.9 Å². The van der Waals surface area contributed by atoms with Crippen LogP contribution in [0.5, 0.6) is 11.6 Å². The number of carboxylic acid groups (broad SMARTS) is 1. The van der Waals surface area contributed by atoms with Gasteiger partial charge in [-0.1, -0.05) is 24.3 Å². The van der Waals surface area contributed by atoms with E-state index in [-0.39, 0.29) is 5.69 Å². The number of nitrogens with one attached hydrogen (secondary N) is 2. The average Bonchev–Trinajstić information content (AvgIpc) is 2.78. The number of rotatable bonds is 7. The van der Waals surface area contributed by atoms with Gasteiger partial charge in [0.05, 0.1) is 25.3 Å². The number of aliphatic carboxylic acids is 1. The molecule has 10 heteroatoms. The summed E-state index contributed by atoms with van der Waals surface area (Å²) in [4.78, 5) is 40.5. The summed E-state index contributed by atoms with van der Waals surface area (Å²) in [5, 5.41) is 24.1. The number of aromatic hydroxyl groups is 1. The number of ether oxygens (including phenoxy) is 1. The third-order valence-electron chi connectivity index (χ3n) is 4.69. The zero-order valence-corrected chi connectivity index (χ0v) is 17.4. The number of benzene rings is 1. The fraction of sp³-hybridized carbons (Fsp3) is 0.182. The summed E-state index contributed by atoms with van der Waals surface area (Å²) in [6.45, 7) is 0. The maximum absolute atomic E-state index is 12.5. The standard InChI is InChI=1S/C22H22N4O6/c1-26-10-9-17(27)20(21(26)30)25-22(31)24-16(12-19(28)29)14-6-3-5-13(11-14)15-7-4-8-18(23-15)32-2/h3-11,16,27H,12H2,1-2H3,(H,28,29)(H2,24,25,31). The van der Waals surface area contributed by atoms with Crippen molar-refractivity contribution in [2.24, 2.45) is 7.05 Å². The Morgan fingerprint density at radius 2 is 1.94 bits per heavy atom. The highest BCUT2D eigenvalue weighted by molar-refractivity contribution is 5.91. The second-order valence-electron chi connectivity index (χ2n) is 6.93. The van der Waals surface area contributed by atoms with E-state index in [2.05, 4.69) is 15.6 Å². The van der Waals surface area contributed by atoms with Gasteiger partial charge in [-0.15, -0.1) is 0 Å². The number of pyridine rings is 2. The Morgan fingerprint density at radius 1 is 1.19 bits per heavy atom. The lowest BCUT2D eigenvalue weighted by molar-refractivity contribution is -0.137. The first-order valence-corrected chi connectivity index (χ1v) is 9.57. The van der Waals surface area contributed by atoms with Crippen LogP contribution in [0.2, 0.25) is 0 Å². The highest BCUT2D eigenvalue weighted by atomic mass is 16.5. The van der Waals surface area contributed by atoms with Gasteiger partial charge < -0.3 is 30.2 Å². The molecule has 2 amide bonds. The van der Waals surface area contributed by atoms with E-state index in [0.29, 0.717) is 22.7 Å². The number of amides is 2. The predicted molar refractivity (Wildman–Crippen MR) is 117 cm³/mol. The van der Waals surface area contributed by atoms with Gasteiger partial charge in [0, 0.05) is 24.9 Å². The molecule has 0 bridgehead atoms. The number of carbonyl (C=O) groups is 2. The number of carbonyl (C=O) groups excluding carboxylic acids is 1. The van der Waals surface area contributed by atoms with Crippen LogP contribution < -0.4 is 20.9 Å². The molecule has 0 aliphatic heterocycles. The minimum Gasteiger partial charge on any atom is -0.505 e. The molecule has 2 aromatic heterocycles. The Morgan fingerprint density at radius 3 is 2.66 bits per heavy atom. The van der Waals surface area contributed by atoms with Crippen LogP contribution in [-0.4, -0.2) is 38.9 Å². The van der Waals surface area contributed by atoms with E-state index in [0.717, 1.165) is 0 Å². The Kier molecular flexibility index (Phi) is 6.74. The van der Waals surface area contributed by atoms with Gasteiger partial charge in [-0.3, -0.25) is 9.59 Å². The molecule has 0 aliphatic carbocycles. The molecule has 1 aromatic carbocycles. The minimum absolute atomic E-state index is 0.309. The second-order valence-corrected chi connectivity index (χ2v) is 6.93. The number of hydrogen-bond acceptors (Lipinski definition) is 6. The van der Waals surface area contributed by atoms with Gasteiger partial charge >= 0.3 is 12.0 Å². The molecule has 1 unspecified atom stereocenters. The summed E-state index contributed by atoms with van der Waals surface area (Å²) in [5.74, 6) is -1.10. The highest BCUT2D eigenvalue weighted by Gasteiger charge is 2.20. The molecule has 166 valence electrons. The fourth-order valence-corrected chi connectivity index (χ4v) is 3.08. The molecule has 4 N–H and O–H groups in total. The fourth-order valence-electron chi connectivity index (χ4n) is 3.08. The third kappa shape index (κ3) is 5.22. The van der Waals surface area contributed by atoms with Gasteiger partial charge in [0.15, 0.2) is 5.69 Å². The zero-order valence-electron chi connectivity index (χ0n) is 17.4. The van der Waals surface area contributed by atoms with E-state index in [1.165, 1.54) is 31.0 Å². The van der Waals surface area contributed by atoms with Crippen LogP contribution in [-0.2, 0) is 11.8 Å². The van der Waals surface area contributed by atoms with E-state index in [4.69, 9.17) is 4.74 Å². The molecule has 0 saturated carbocycles. The SMILES string of the molecule is COc1cccc(-c2cccc(C(CC(=O)O)NC(=O)Nc3c(O)ccn(C)c3=O)c2)n1. The summed E-state index contributed by atoms with van der Waals surface area (Å²) in [7, 11) is 2.97. The molecule has 0 aliphatic rings. The third-order valence-corrected chi connectivity index (χ3v) is 4.69. The molecular formula is C22H22N4O6. The molecule has 2 heterocycles. The van der Waals surface area contributed by atoms with Gasteiger partial charge in [-0.2, -0.15) is 0 Å². The van der Waals surface area contributed by atoms with Crippen molar-refractivity contribution in [3.63, 3.8) is 0 Å². The van der Waals surface area contributed by atoms with Gasteiger partial charge in [-0.25, -0.2) is 9.78 Å². The van der Waals surface area contributed by atoms with E-state index in [1.54, 1.807) is 42.5 Å². The molecule has 0 fully saturated rings. The van der Waals surface area contributed by atoms with Crippen LogP contribution in [0.25, 0.3) is 11.3 Å². The van der Waals surface area contributed by atoms with Crippen molar-refractivity contribution in [1.29, 1.82) is 0 Å². The van der Waals surface area contributed by atoms with Crippen LogP contribution in [0, 0.1) is 0 Å². The van der Waals surface area contributed by atoms with Gasteiger partial charge in [0.25, 0.3) is 5.56 Å². The quantitative estimate of drug-likeness (QED) is 0.444. The lowest BCUT2D eigenvalue weighted by Gasteiger charge is -2.19. The number of aromatic nitrogens is 2. The number of urea groups is 1. The number of methoxy groups -OCH3 is 1. The monoisotopic (exact) mass is 438 g/mol. The van der Waals surface area contributed by atoms with E-state index in [1.807, 2.05) is 0 Å². The number of carboxylic acids is 1. The second kappa shape index (κ2) is 9.65. The molecule has 3 rings (SSSR count). The predicted octanol–water partition coefficient (Wildman–Crippen LogP) is 2.50. The number of nitrogens with zero attached hydrogens (tertiary/aromatic N) is 2. The summed E-state index contributed by atoms with van der Waals surface area (Å²) in [6.07, 6.45) is 0.952. The van der Waals surface area contributed by atoms with Gasteiger partial charge in [-0.05, 0) is 23.8 Å². The maximum atomic E-state index is 12.5. The first kappa shape index (κ1) is 22.3. The van der Waals surface area contributed by atoms with Crippen molar-refractivity contribution in [3.05, 3.63) is 70.6 Å².